The second kappa shape index (κ2) is 5.28. The van der Waals surface area contributed by atoms with Gasteiger partial charge in [0.1, 0.15) is 5.82 Å². The molecule has 0 spiro atoms. The van der Waals surface area contributed by atoms with Crippen LogP contribution in [0.5, 0.6) is 0 Å². The summed E-state index contributed by atoms with van der Waals surface area (Å²) in [6, 6.07) is 2.19. The molecule has 1 unspecified atom stereocenters. The molecule has 0 saturated heterocycles. The number of aromatic nitrogens is 2. The minimum Gasteiger partial charge on any atom is -0.369 e. The third-order valence-corrected chi connectivity index (χ3v) is 3.31. The second-order valence-corrected chi connectivity index (χ2v) is 4.63. The highest BCUT2D eigenvalue weighted by Gasteiger charge is 2.19. The van der Waals surface area contributed by atoms with E-state index < -0.39 is 0 Å². The fourth-order valence-electron chi connectivity index (χ4n) is 2.52. The van der Waals surface area contributed by atoms with Gasteiger partial charge < -0.3 is 5.32 Å². The molecular weight excluding hydrogens is 198 g/mol. The van der Waals surface area contributed by atoms with Gasteiger partial charge in [-0.05, 0) is 43.7 Å². The van der Waals surface area contributed by atoms with E-state index in [0.29, 0.717) is 0 Å². The number of nitrogens with zero attached hydrogens (tertiary/aromatic N) is 2. The van der Waals surface area contributed by atoms with Gasteiger partial charge in [-0.1, -0.05) is 19.8 Å². The maximum atomic E-state index is 4.32. The maximum absolute atomic E-state index is 4.32. The van der Waals surface area contributed by atoms with E-state index in [0.717, 1.165) is 24.7 Å². The SMILES string of the molecule is CCCC1CCc2nnc(NCC)cc2C1. The van der Waals surface area contributed by atoms with E-state index >= 15 is 0 Å². The van der Waals surface area contributed by atoms with Crippen LogP contribution >= 0.6 is 0 Å². The lowest BCUT2D eigenvalue weighted by molar-refractivity contribution is 0.416. The van der Waals surface area contributed by atoms with Crippen LogP contribution in [0.15, 0.2) is 6.07 Å². The number of fused-ring (bicyclic) bond motifs is 1. The predicted molar refractivity (Wildman–Crippen MR) is 66.6 cm³/mol. The van der Waals surface area contributed by atoms with Crippen molar-refractivity contribution in [2.45, 2.75) is 46.0 Å². The van der Waals surface area contributed by atoms with Gasteiger partial charge in [0.2, 0.25) is 0 Å². The molecule has 1 aliphatic carbocycles. The summed E-state index contributed by atoms with van der Waals surface area (Å²) in [6.45, 7) is 5.26. The molecule has 1 N–H and O–H groups in total. The summed E-state index contributed by atoms with van der Waals surface area (Å²) in [5, 5.41) is 11.7. The summed E-state index contributed by atoms with van der Waals surface area (Å²) in [6.07, 6.45) is 6.23. The molecule has 0 saturated carbocycles. The van der Waals surface area contributed by atoms with E-state index in [4.69, 9.17) is 0 Å². The average molecular weight is 219 g/mol. The van der Waals surface area contributed by atoms with Crippen molar-refractivity contribution < 1.29 is 0 Å². The largest absolute Gasteiger partial charge is 0.369 e. The average Bonchev–Trinajstić information content (AvgIpc) is 2.29. The first-order valence-electron chi connectivity index (χ1n) is 6.42. The van der Waals surface area contributed by atoms with Crippen molar-refractivity contribution in [3.05, 3.63) is 17.3 Å². The molecule has 1 aromatic rings. The molecule has 0 aromatic carbocycles. The van der Waals surface area contributed by atoms with Crippen molar-refractivity contribution in [2.24, 2.45) is 5.92 Å². The Kier molecular flexibility index (Phi) is 3.75. The van der Waals surface area contributed by atoms with Crippen LogP contribution in [0.2, 0.25) is 0 Å². The van der Waals surface area contributed by atoms with Gasteiger partial charge in [0, 0.05) is 6.54 Å². The minimum absolute atomic E-state index is 0.858. The highest BCUT2D eigenvalue weighted by molar-refractivity contribution is 5.39. The van der Waals surface area contributed by atoms with Crippen LogP contribution in [0.25, 0.3) is 0 Å². The van der Waals surface area contributed by atoms with Crippen molar-refractivity contribution in [2.75, 3.05) is 11.9 Å². The first-order chi connectivity index (χ1) is 7.83. The van der Waals surface area contributed by atoms with E-state index in [2.05, 4.69) is 35.4 Å². The van der Waals surface area contributed by atoms with Crippen LogP contribution in [0, 0.1) is 5.92 Å². The van der Waals surface area contributed by atoms with Gasteiger partial charge in [0.05, 0.1) is 5.69 Å². The minimum atomic E-state index is 0.858. The number of nitrogens with one attached hydrogen (secondary N) is 1. The summed E-state index contributed by atoms with van der Waals surface area (Å²) in [5.74, 6) is 1.79. The summed E-state index contributed by atoms with van der Waals surface area (Å²) < 4.78 is 0. The molecule has 0 amide bonds. The van der Waals surface area contributed by atoms with Gasteiger partial charge in [0.25, 0.3) is 0 Å². The summed E-state index contributed by atoms with van der Waals surface area (Å²) >= 11 is 0. The number of hydrogen-bond donors (Lipinski definition) is 1. The smallest absolute Gasteiger partial charge is 0.148 e. The lowest BCUT2D eigenvalue weighted by Gasteiger charge is -2.23. The zero-order valence-corrected chi connectivity index (χ0v) is 10.3. The number of hydrogen-bond acceptors (Lipinski definition) is 3. The van der Waals surface area contributed by atoms with Crippen LogP contribution in [0.3, 0.4) is 0 Å². The molecule has 1 aromatic heterocycles. The van der Waals surface area contributed by atoms with Gasteiger partial charge in [-0.25, -0.2) is 0 Å². The third-order valence-electron chi connectivity index (χ3n) is 3.31. The number of rotatable bonds is 4. The first kappa shape index (κ1) is 11.4. The predicted octanol–water partition coefficient (Wildman–Crippen LogP) is 2.81. The quantitative estimate of drug-likeness (QED) is 0.846. The van der Waals surface area contributed by atoms with Crippen molar-refractivity contribution in [3.8, 4) is 0 Å². The Morgan fingerprint density at radius 2 is 2.25 bits per heavy atom. The fourth-order valence-corrected chi connectivity index (χ4v) is 2.52. The molecule has 0 bridgehead atoms. The van der Waals surface area contributed by atoms with Crippen LogP contribution in [0.1, 0.15) is 44.4 Å². The molecule has 3 heteroatoms. The third kappa shape index (κ3) is 2.52. The Morgan fingerprint density at radius 3 is 3.00 bits per heavy atom. The zero-order valence-electron chi connectivity index (χ0n) is 10.3. The molecule has 88 valence electrons. The summed E-state index contributed by atoms with van der Waals surface area (Å²) in [4.78, 5) is 0. The Hall–Kier alpha value is -1.12. The zero-order chi connectivity index (χ0) is 11.4. The van der Waals surface area contributed by atoms with Crippen LogP contribution in [-0.2, 0) is 12.8 Å². The van der Waals surface area contributed by atoms with E-state index in [1.807, 2.05) is 0 Å². The molecule has 16 heavy (non-hydrogen) atoms. The van der Waals surface area contributed by atoms with Gasteiger partial charge in [-0.2, -0.15) is 5.10 Å². The second-order valence-electron chi connectivity index (χ2n) is 4.63. The molecule has 1 heterocycles. The molecule has 3 nitrogen and oxygen atoms in total. The van der Waals surface area contributed by atoms with Crippen LogP contribution < -0.4 is 5.32 Å². The van der Waals surface area contributed by atoms with Crippen LogP contribution in [-0.4, -0.2) is 16.7 Å². The number of aryl methyl sites for hydroxylation is 1. The fraction of sp³-hybridized carbons (Fsp3) is 0.692. The standard InChI is InChI=1S/C13H21N3/c1-3-5-10-6-7-12-11(8-10)9-13(14-4-2)16-15-12/h9-10H,3-8H2,1-2H3,(H,14,16). The van der Waals surface area contributed by atoms with Crippen molar-refractivity contribution in [1.82, 2.24) is 10.2 Å². The Labute approximate surface area is 97.7 Å². The van der Waals surface area contributed by atoms with Crippen molar-refractivity contribution >= 4 is 5.82 Å². The van der Waals surface area contributed by atoms with Gasteiger partial charge in [-0.3, -0.25) is 0 Å². The van der Waals surface area contributed by atoms with E-state index in [1.54, 1.807) is 0 Å². The highest BCUT2D eigenvalue weighted by atomic mass is 15.2. The Bertz CT molecular complexity index is 349. The first-order valence-corrected chi connectivity index (χ1v) is 6.42. The van der Waals surface area contributed by atoms with E-state index in [9.17, 15) is 0 Å². The Morgan fingerprint density at radius 1 is 1.38 bits per heavy atom. The normalized spacial score (nSPS) is 19.2. The van der Waals surface area contributed by atoms with Gasteiger partial charge in [0.15, 0.2) is 0 Å². The van der Waals surface area contributed by atoms with E-state index in [1.165, 1.54) is 36.9 Å². The van der Waals surface area contributed by atoms with Crippen molar-refractivity contribution in [1.29, 1.82) is 0 Å². The molecule has 0 fully saturated rings. The van der Waals surface area contributed by atoms with Gasteiger partial charge >= 0.3 is 0 Å². The molecule has 1 aliphatic rings. The molecule has 0 radical (unpaired) electrons. The van der Waals surface area contributed by atoms with Crippen LogP contribution in [0.4, 0.5) is 5.82 Å². The summed E-state index contributed by atoms with van der Waals surface area (Å²) in [7, 11) is 0. The highest BCUT2D eigenvalue weighted by Crippen LogP contribution is 2.27. The monoisotopic (exact) mass is 219 g/mol. The van der Waals surface area contributed by atoms with Crippen molar-refractivity contribution in [3.63, 3.8) is 0 Å². The Balaban J connectivity index is 2.12. The molecule has 2 rings (SSSR count). The van der Waals surface area contributed by atoms with E-state index in [-0.39, 0.29) is 0 Å². The lowest BCUT2D eigenvalue weighted by atomic mass is 9.84. The lowest BCUT2D eigenvalue weighted by Crippen LogP contribution is -2.17. The van der Waals surface area contributed by atoms with Gasteiger partial charge in [-0.15, -0.1) is 5.10 Å². The topological polar surface area (TPSA) is 37.8 Å². The summed E-state index contributed by atoms with van der Waals surface area (Å²) in [5.41, 5.74) is 2.63. The molecule has 0 aliphatic heterocycles. The molecule has 1 atom stereocenters. The number of anilines is 1. The maximum Gasteiger partial charge on any atom is 0.148 e. The molecular formula is C13H21N3.